The first-order valence-electron chi connectivity index (χ1n) is 9.96. The summed E-state index contributed by atoms with van der Waals surface area (Å²) in [5.74, 6) is -0.0996. The molecule has 1 aromatic carbocycles. The van der Waals surface area contributed by atoms with Gasteiger partial charge in [-0.15, -0.1) is 0 Å². The molecule has 2 heterocycles. The van der Waals surface area contributed by atoms with E-state index in [1.165, 1.54) is 0 Å². The van der Waals surface area contributed by atoms with E-state index in [0.29, 0.717) is 11.1 Å². The molecule has 3 aromatic rings. The number of aryl methyl sites for hydroxylation is 1. The lowest BCUT2D eigenvalue weighted by atomic mass is 10.1. The molecule has 0 saturated heterocycles. The van der Waals surface area contributed by atoms with Crippen molar-refractivity contribution in [2.75, 3.05) is 0 Å². The number of amides is 1. The van der Waals surface area contributed by atoms with Gasteiger partial charge in [0.2, 0.25) is 0 Å². The summed E-state index contributed by atoms with van der Waals surface area (Å²) in [5, 5.41) is 4.82. The summed E-state index contributed by atoms with van der Waals surface area (Å²) in [6, 6.07) is 8.21. The molecule has 0 unspecified atom stereocenters. The van der Waals surface area contributed by atoms with Crippen LogP contribution in [0.15, 0.2) is 35.3 Å². The van der Waals surface area contributed by atoms with E-state index in [9.17, 15) is 9.59 Å². The van der Waals surface area contributed by atoms with Gasteiger partial charge < -0.3 is 14.5 Å². The highest BCUT2D eigenvalue weighted by Crippen LogP contribution is 2.33. The van der Waals surface area contributed by atoms with E-state index in [0.717, 1.165) is 48.4 Å². The largest absolute Gasteiger partial charge is 0.350 e. The van der Waals surface area contributed by atoms with Crippen molar-refractivity contribution in [2.24, 2.45) is 7.05 Å². The van der Waals surface area contributed by atoms with Crippen LogP contribution in [0.2, 0.25) is 0 Å². The van der Waals surface area contributed by atoms with Gasteiger partial charge in [0.15, 0.2) is 0 Å². The molecule has 1 amide bonds. The van der Waals surface area contributed by atoms with Gasteiger partial charge in [-0.05, 0) is 32.3 Å². The first-order valence-corrected chi connectivity index (χ1v) is 9.96. The zero-order valence-corrected chi connectivity index (χ0v) is 16.3. The monoisotopic (exact) mass is 365 g/mol. The van der Waals surface area contributed by atoms with E-state index in [-0.39, 0.29) is 23.6 Å². The van der Waals surface area contributed by atoms with Crippen LogP contribution in [0.5, 0.6) is 0 Å². The van der Waals surface area contributed by atoms with Gasteiger partial charge in [0, 0.05) is 41.6 Å². The standard InChI is InChI=1S/C22H27N3O2/c1-4-14(2)23-21(26)17-13-25(15-9-5-6-10-15)22(27)20-19(17)16-11-7-8-12-18(16)24(20)3/h7-8,11-15H,4-6,9-10H2,1-3H3,(H,23,26)/t14-/m1/s1. The average Bonchev–Trinajstić information content (AvgIpc) is 3.30. The van der Waals surface area contributed by atoms with E-state index in [1.807, 2.05) is 53.6 Å². The molecule has 1 aliphatic carbocycles. The Labute approximate surface area is 159 Å². The van der Waals surface area contributed by atoms with Gasteiger partial charge in [-0.2, -0.15) is 0 Å². The van der Waals surface area contributed by atoms with Gasteiger partial charge in [0.1, 0.15) is 5.52 Å². The van der Waals surface area contributed by atoms with E-state index < -0.39 is 0 Å². The highest BCUT2D eigenvalue weighted by Gasteiger charge is 2.25. The number of nitrogens with zero attached hydrogens (tertiary/aromatic N) is 2. The summed E-state index contributed by atoms with van der Waals surface area (Å²) in [5.41, 5.74) is 2.22. The molecule has 1 fully saturated rings. The molecule has 4 rings (SSSR count). The lowest BCUT2D eigenvalue weighted by molar-refractivity contribution is 0.0940. The van der Waals surface area contributed by atoms with E-state index in [1.54, 1.807) is 0 Å². The molecule has 5 nitrogen and oxygen atoms in total. The van der Waals surface area contributed by atoms with E-state index >= 15 is 0 Å². The molecule has 5 heteroatoms. The lowest BCUT2D eigenvalue weighted by Crippen LogP contribution is -2.34. The topological polar surface area (TPSA) is 56.0 Å². The number of aromatic nitrogens is 2. The molecule has 1 N–H and O–H groups in total. The van der Waals surface area contributed by atoms with Crippen molar-refractivity contribution in [2.45, 2.75) is 58.0 Å². The van der Waals surface area contributed by atoms with Crippen LogP contribution in [0.3, 0.4) is 0 Å². The van der Waals surface area contributed by atoms with Crippen LogP contribution in [0.25, 0.3) is 21.8 Å². The first kappa shape index (κ1) is 17.8. The number of benzene rings is 1. The minimum Gasteiger partial charge on any atom is -0.350 e. The summed E-state index contributed by atoms with van der Waals surface area (Å²) >= 11 is 0. The number of para-hydroxylation sites is 1. The normalized spacial score (nSPS) is 16.3. The van der Waals surface area contributed by atoms with Crippen LogP contribution in [-0.4, -0.2) is 21.1 Å². The van der Waals surface area contributed by atoms with Crippen molar-refractivity contribution >= 4 is 27.7 Å². The molecule has 0 radical (unpaired) electrons. The molecular formula is C22H27N3O2. The molecule has 27 heavy (non-hydrogen) atoms. The fraction of sp³-hybridized carbons (Fsp3) is 0.455. The second kappa shape index (κ2) is 6.87. The van der Waals surface area contributed by atoms with Crippen molar-refractivity contribution in [3.8, 4) is 0 Å². The Balaban J connectivity index is 2.04. The smallest absolute Gasteiger partial charge is 0.275 e. The summed E-state index contributed by atoms with van der Waals surface area (Å²) < 4.78 is 3.76. The Bertz CT molecular complexity index is 1070. The second-order valence-electron chi connectivity index (χ2n) is 7.78. The van der Waals surface area contributed by atoms with Gasteiger partial charge in [0.25, 0.3) is 11.5 Å². The third kappa shape index (κ3) is 2.85. The number of nitrogens with one attached hydrogen (secondary N) is 1. The quantitative estimate of drug-likeness (QED) is 0.755. The summed E-state index contributed by atoms with van der Waals surface area (Å²) in [4.78, 5) is 26.5. The molecule has 1 atom stereocenters. The number of pyridine rings is 1. The van der Waals surface area contributed by atoms with Gasteiger partial charge in [0.05, 0.1) is 5.56 Å². The Morgan fingerprint density at radius 2 is 1.96 bits per heavy atom. The predicted molar refractivity (Wildman–Crippen MR) is 109 cm³/mol. The molecular weight excluding hydrogens is 338 g/mol. The van der Waals surface area contributed by atoms with Crippen LogP contribution in [0.4, 0.5) is 0 Å². The van der Waals surface area contributed by atoms with Crippen LogP contribution >= 0.6 is 0 Å². The van der Waals surface area contributed by atoms with Crippen LogP contribution in [0, 0.1) is 0 Å². The predicted octanol–water partition coefficient (Wildman–Crippen LogP) is 4.14. The summed E-state index contributed by atoms with van der Waals surface area (Å²) in [6.45, 7) is 4.06. The Hall–Kier alpha value is -2.56. The molecule has 0 spiro atoms. The van der Waals surface area contributed by atoms with Crippen LogP contribution in [-0.2, 0) is 7.05 Å². The minimum atomic E-state index is -0.0996. The molecule has 1 saturated carbocycles. The third-order valence-corrected chi connectivity index (χ3v) is 6.03. The fourth-order valence-corrected chi connectivity index (χ4v) is 4.33. The molecule has 0 bridgehead atoms. The number of carbonyl (C=O) groups excluding carboxylic acids is 1. The Morgan fingerprint density at radius 3 is 2.67 bits per heavy atom. The van der Waals surface area contributed by atoms with Crippen LogP contribution in [0.1, 0.15) is 62.4 Å². The third-order valence-electron chi connectivity index (χ3n) is 6.03. The molecule has 1 aliphatic rings. The highest BCUT2D eigenvalue weighted by atomic mass is 16.2. The van der Waals surface area contributed by atoms with E-state index in [2.05, 4.69) is 12.2 Å². The summed E-state index contributed by atoms with van der Waals surface area (Å²) in [7, 11) is 1.92. The number of rotatable bonds is 4. The lowest BCUT2D eigenvalue weighted by Gasteiger charge is -2.18. The number of hydrogen-bond acceptors (Lipinski definition) is 2. The number of hydrogen-bond donors (Lipinski definition) is 1. The molecule has 0 aliphatic heterocycles. The van der Waals surface area contributed by atoms with Crippen molar-refractivity contribution in [3.63, 3.8) is 0 Å². The molecule has 142 valence electrons. The Kier molecular flexibility index (Phi) is 4.54. The second-order valence-corrected chi connectivity index (χ2v) is 7.78. The fourth-order valence-electron chi connectivity index (χ4n) is 4.33. The maximum atomic E-state index is 13.4. The minimum absolute atomic E-state index is 0.00990. The van der Waals surface area contributed by atoms with Crippen molar-refractivity contribution in [1.29, 1.82) is 0 Å². The van der Waals surface area contributed by atoms with Crippen LogP contribution < -0.4 is 10.9 Å². The van der Waals surface area contributed by atoms with Crippen molar-refractivity contribution in [3.05, 3.63) is 46.4 Å². The maximum Gasteiger partial charge on any atom is 0.275 e. The molecule has 2 aromatic heterocycles. The van der Waals surface area contributed by atoms with Gasteiger partial charge >= 0.3 is 0 Å². The number of fused-ring (bicyclic) bond motifs is 3. The van der Waals surface area contributed by atoms with Gasteiger partial charge in [-0.25, -0.2) is 0 Å². The Morgan fingerprint density at radius 1 is 1.26 bits per heavy atom. The SMILES string of the molecule is CC[C@@H](C)NC(=O)c1cn(C2CCCC2)c(=O)c2c1c1ccccc1n2C. The number of carbonyl (C=O) groups is 1. The zero-order chi connectivity index (χ0) is 19.1. The average molecular weight is 365 g/mol. The highest BCUT2D eigenvalue weighted by molar-refractivity contribution is 6.17. The van der Waals surface area contributed by atoms with Crippen molar-refractivity contribution < 1.29 is 4.79 Å². The van der Waals surface area contributed by atoms with Gasteiger partial charge in [-0.3, -0.25) is 9.59 Å². The van der Waals surface area contributed by atoms with E-state index in [4.69, 9.17) is 0 Å². The summed E-state index contributed by atoms with van der Waals surface area (Å²) in [6.07, 6.45) is 6.96. The van der Waals surface area contributed by atoms with Crippen molar-refractivity contribution in [1.82, 2.24) is 14.5 Å². The first-order chi connectivity index (χ1) is 13.0. The maximum absolute atomic E-state index is 13.4. The van der Waals surface area contributed by atoms with Gasteiger partial charge in [-0.1, -0.05) is 38.0 Å². The zero-order valence-electron chi connectivity index (χ0n) is 16.3.